The Labute approximate surface area is 148 Å². The zero-order chi connectivity index (χ0) is 17.9. The number of esters is 1. The van der Waals surface area contributed by atoms with Crippen LogP contribution in [-0.2, 0) is 16.1 Å². The number of amides is 1. The van der Waals surface area contributed by atoms with Crippen LogP contribution in [0.3, 0.4) is 0 Å². The number of carbonyl (C=O) groups is 2. The maximum absolute atomic E-state index is 12.3. The second-order valence-electron chi connectivity index (χ2n) is 5.54. The van der Waals surface area contributed by atoms with E-state index in [1.165, 1.54) is 0 Å². The summed E-state index contributed by atoms with van der Waals surface area (Å²) in [6.07, 6.45) is 1.90. The second kappa shape index (κ2) is 10.1. The summed E-state index contributed by atoms with van der Waals surface area (Å²) in [5, 5.41) is 2.71. The Morgan fingerprint density at radius 2 is 1.72 bits per heavy atom. The summed E-state index contributed by atoms with van der Waals surface area (Å²) in [5.41, 5.74) is 1.11. The van der Waals surface area contributed by atoms with E-state index in [1.54, 1.807) is 18.2 Å². The molecule has 0 aliphatic carbocycles. The molecule has 2 aromatic carbocycles. The van der Waals surface area contributed by atoms with Crippen molar-refractivity contribution in [2.45, 2.75) is 26.4 Å². The van der Waals surface area contributed by atoms with Crippen molar-refractivity contribution in [1.82, 2.24) is 5.32 Å². The molecule has 0 heterocycles. The van der Waals surface area contributed by atoms with Crippen LogP contribution in [0.5, 0.6) is 5.75 Å². The van der Waals surface area contributed by atoms with Crippen LogP contribution in [0.25, 0.3) is 0 Å². The number of benzene rings is 2. The number of hydrogen-bond donors (Lipinski definition) is 1. The molecular formula is C20H23NO4. The highest BCUT2D eigenvalue weighted by atomic mass is 16.5. The fourth-order valence-electron chi connectivity index (χ4n) is 2.19. The van der Waals surface area contributed by atoms with Crippen molar-refractivity contribution in [2.24, 2.45) is 0 Å². The van der Waals surface area contributed by atoms with Crippen molar-refractivity contribution in [3.05, 3.63) is 65.7 Å². The zero-order valence-electron chi connectivity index (χ0n) is 14.4. The number of hydrogen-bond acceptors (Lipinski definition) is 4. The first kappa shape index (κ1) is 18.5. The van der Waals surface area contributed by atoms with Gasteiger partial charge in [0.25, 0.3) is 5.91 Å². The predicted octanol–water partition coefficient (Wildman–Crippen LogP) is 3.34. The van der Waals surface area contributed by atoms with Crippen molar-refractivity contribution in [2.75, 3.05) is 13.2 Å². The molecule has 1 amide bonds. The van der Waals surface area contributed by atoms with Gasteiger partial charge in [-0.05, 0) is 24.6 Å². The highest BCUT2D eigenvalue weighted by Gasteiger charge is 2.14. The normalized spacial score (nSPS) is 10.1. The van der Waals surface area contributed by atoms with Gasteiger partial charge in [0, 0.05) is 12.1 Å². The molecule has 5 heteroatoms. The SMILES string of the molecule is CCCCNC(=O)COC(=O)c1ccccc1COc1ccccc1. The molecular weight excluding hydrogens is 318 g/mol. The summed E-state index contributed by atoms with van der Waals surface area (Å²) in [5.74, 6) is -0.0984. The molecule has 2 aromatic rings. The van der Waals surface area contributed by atoms with Gasteiger partial charge in [0.05, 0.1) is 5.56 Å². The van der Waals surface area contributed by atoms with Crippen molar-refractivity contribution in [1.29, 1.82) is 0 Å². The van der Waals surface area contributed by atoms with Crippen LogP contribution < -0.4 is 10.1 Å². The Hall–Kier alpha value is -2.82. The van der Waals surface area contributed by atoms with Gasteiger partial charge in [-0.25, -0.2) is 4.79 Å². The zero-order valence-corrected chi connectivity index (χ0v) is 14.4. The average molecular weight is 341 g/mol. The third-order valence-electron chi connectivity index (χ3n) is 3.56. The molecule has 1 N–H and O–H groups in total. The molecule has 0 saturated heterocycles. The lowest BCUT2D eigenvalue weighted by Gasteiger charge is -2.11. The average Bonchev–Trinajstić information content (AvgIpc) is 2.66. The fourth-order valence-corrected chi connectivity index (χ4v) is 2.19. The fraction of sp³-hybridized carbons (Fsp3) is 0.300. The first-order valence-corrected chi connectivity index (χ1v) is 8.40. The van der Waals surface area contributed by atoms with Crippen molar-refractivity contribution in [3.63, 3.8) is 0 Å². The molecule has 0 unspecified atom stereocenters. The van der Waals surface area contributed by atoms with Crippen LogP contribution in [0.15, 0.2) is 54.6 Å². The van der Waals surface area contributed by atoms with E-state index in [0.29, 0.717) is 17.7 Å². The number of unbranched alkanes of at least 4 members (excludes halogenated alkanes) is 1. The molecule has 0 aliphatic rings. The van der Waals surface area contributed by atoms with Gasteiger partial charge in [0.15, 0.2) is 6.61 Å². The van der Waals surface area contributed by atoms with Crippen molar-refractivity contribution >= 4 is 11.9 Å². The van der Waals surface area contributed by atoms with E-state index in [2.05, 4.69) is 5.32 Å². The molecule has 0 aliphatic heterocycles. The van der Waals surface area contributed by atoms with Gasteiger partial charge < -0.3 is 14.8 Å². The highest BCUT2D eigenvalue weighted by Crippen LogP contribution is 2.15. The number of nitrogens with one attached hydrogen (secondary N) is 1. The van der Waals surface area contributed by atoms with E-state index in [9.17, 15) is 9.59 Å². The summed E-state index contributed by atoms with van der Waals surface area (Å²) < 4.78 is 10.8. The minimum atomic E-state index is -0.530. The summed E-state index contributed by atoms with van der Waals surface area (Å²) >= 11 is 0. The summed E-state index contributed by atoms with van der Waals surface area (Å²) in [6, 6.07) is 16.4. The quantitative estimate of drug-likeness (QED) is 0.561. The summed E-state index contributed by atoms with van der Waals surface area (Å²) in [7, 11) is 0. The number of ether oxygens (including phenoxy) is 2. The molecule has 0 saturated carbocycles. The standard InChI is InChI=1S/C20H23NO4/c1-2-3-13-21-19(22)15-25-20(23)18-12-8-7-9-16(18)14-24-17-10-5-4-6-11-17/h4-12H,2-3,13-15H2,1H3,(H,21,22). The first-order valence-electron chi connectivity index (χ1n) is 8.40. The molecule has 0 aromatic heterocycles. The number of rotatable bonds is 9. The van der Waals surface area contributed by atoms with Gasteiger partial charge in [-0.1, -0.05) is 49.7 Å². The molecule has 0 fully saturated rings. The Bertz CT molecular complexity index is 685. The molecule has 0 bridgehead atoms. The van der Waals surface area contributed by atoms with Crippen LogP contribution >= 0.6 is 0 Å². The van der Waals surface area contributed by atoms with Gasteiger partial charge in [-0.15, -0.1) is 0 Å². The van der Waals surface area contributed by atoms with E-state index in [4.69, 9.17) is 9.47 Å². The molecule has 2 rings (SSSR count). The van der Waals surface area contributed by atoms with E-state index in [-0.39, 0.29) is 19.1 Å². The third kappa shape index (κ3) is 6.30. The van der Waals surface area contributed by atoms with E-state index < -0.39 is 5.97 Å². The highest BCUT2D eigenvalue weighted by molar-refractivity contribution is 5.92. The van der Waals surface area contributed by atoms with Crippen LogP contribution in [0.1, 0.15) is 35.7 Å². The lowest BCUT2D eigenvalue weighted by atomic mass is 10.1. The minimum absolute atomic E-state index is 0.248. The number of para-hydroxylation sites is 1. The summed E-state index contributed by atoms with van der Waals surface area (Å²) in [6.45, 7) is 2.60. The van der Waals surface area contributed by atoms with E-state index in [1.807, 2.05) is 43.3 Å². The van der Waals surface area contributed by atoms with Gasteiger partial charge in [0.1, 0.15) is 12.4 Å². The van der Waals surface area contributed by atoms with E-state index in [0.717, 1.165) is 18.6 Å². The lowest BCUT2D eigenvalue weighted by molar-refractivity contribution is -0.124. The monoisotopic (exact) mass is 341 g/mol. The van der Waals surface area contributed by atoms with Gasteiger partial charge in [-0.2, -0.15) is 0 Å². The second-order valence-corrected chi connectivity index (χ2v) is 5.54. The Kier molecular flexibility index (Phi) is 7.50. The number of carbonyl (C=O) groups excluding carboxylic acids is 2. The Morgan fingerprint density at radius 3 is 2.48 bits per heavy atom. The molecule has 25 heavy (non-hydrogen) atoms. The van der Waals surface area contributed by atoms with Crippen molar-refractivity contribution < 1.29 is 19.1 Å². The lowest BCUT2D eigenvalue weighted by Crippen LogP contribution is -2.29. The summed E-state index contributed by atoms with van der Waals surface area (Å²) in [4.78, 5) is 23.9. The van der Waals surface area contributed by atoms with Crippen LogP contribution in [-0.4, -0.2) is 25.0 Å². The maximum Gasteiger partial charge on any atom is 0.339 e. The minimum Gasteiger partial charge on any atom is -0.489 e. The molecule has 5 nitrogen and oxygen atoms in total. The van der Waals surface area contributed by atoms with Gasteiger partial charge >= 0.3 is 5.97 Å². The van der Waals surface area contributed by atoms with Crippen LogP contribution in [0.2, 0.25) is 0 Å². The maximum atomic E-state index is 12.3. The van der Waals surface area contributed by atoms with E-state index >= 15 is 0 Å². The van der Waals surface area contributed by atoms with Crippen LogP contribution in [0, 0.1) is 0 Å². The third-order valence-corrected chi connectivity index (χ3v) is 3.56. The molecule has 0 spiro atoms. The molecule has 0 atom stereocenters. The smallest absolute Gasteiger partial charge is 0.339 e. The molecule has 132 valence electrons. The first-order chi connectivity index (χ1) is 12.2. The Balaban J connectivity index is 1.90. The van der Waals surface area contributed by atoms with Crippen molar-refractivity contribution in [3.8, 4) is 5.75 Å². The largest absolute Gasteiger partial charge is 0.489 e. The topological polar surface area (TPSA) is 64.6 Å². The van der Waals surface area contributed by atoms with Gasteiger partial charge in [0.2, 0.25) is 0 Å². The Morgan fingerprint density at radius 1 is 1.00 bits per heavy atom. The predicted molar refractivity (Wildman–Crippen MR) is 95.4 cm³/mol. The van der Waals surface area contributed by atoms with Crippen LogP contribution in [0.4, 0.5) is 0 Å². The van der Waals surface area contributed by atoms with Gasteiger partial charge in [-0.3, -0.25) is 4.79 Å². The molecule has 0 radical (unpaired) electrons.